The molecule has 2 aromatic heterocycles. The Balaban J connectivity index is 1.95. The van der Waals surface area contributed by atoms with Crippen LogP contribution in [-0.2, 0) is 18.0 Å². The first-order valence-electron chi connectivity index (χ1n) is 8.41. The largest absolute Gasteiger partial charge is 0.479 e. The topological polar surface area (TPSA) is 109 Å². The summed E-state index contributed by atoms with van der Waals surface area (Å²) in [6, 6.07) is 1.13. The van der Waals surface area contributed by atoms with E-state index in [0.717, 1.165) is 18.5 Å². The lowest BCUT2D eigenvalue weighted by molar-refractivity contribution is 0.0853. The van der Waals surface area contributed by atoms with Crippen LogP contribution < -0.4 is 20.5 Å². The van der Waals surface area contributed by atoms with Crippen LogP contribution in [0.1, 0.15) is 5.82 Å². The van der Waals surface area contributed by atoms with E-state index >= 15 is 0 Å². The van der Waals surface area contributed by atoms with Crippen LogP contribution >= 0.6 is 0 Å². The van der Waals surface area contributed by atoms with Crippen molar-refractivity contribution in [3.05, 3.63) is 18.2 Å². The summed E-state index contributed by atoms with van der Waals surface area (Å²) in [5, 5.41) is 3.11. The van der Waals surface area contributed by atoms with Gasteiger partial charge in [0.15, 0.2) is 5.69 Å². The van der Waals surface area contributed by atoms with Crippen molar-refractivity contribution in [2.75, 3.05) is 31.9 Å². The van der Waals surface area contributed by atoms with Gasteiger partial charge in [-0.25, -0.2) is 4.98 Å². The van der Waals surface area contributed by atoms with E-state index in [1.54, 1.807) is 6.20 Å². The molecule has 3 N–H and O–H groups in total. The van der Waals surface area contributed by atoms with Crippen LogP contribution in [0.4, 0.5) is 11.6 Å². The highest BCUT2D eigenvalue weighted by Crippen LogP contribution is 2.28. The first-order chi connectivity index (χ1) is 12.3. The number of nitrogens with zero attached hydrogens (tertiary/aromatic N) is 4. The third kappa shape index (κ3) is 5.60. The van der Waals surface area contributed by atoms with Crippen molar-refractivity contribution in [2.45, 2.75) is 39.0 Å². The minimum Gasteiger partial charge on any atom is -0.479 e. The lowest BCUT2D eigenvalue weighted by atomic mass is 10.5. The molecule has 0 atom stereocenters. The molecule has 0 saturated carbocycles. The number of nitrogen functional groups attached to an aromatic ring is 1. The fourth-order valence-corrected chi connectivity index (χ4v) is 2.90. The summed E-state index contributed by atoms with van der Waals surface area (Å²) in [6.45, 7) is 8.65. The van der Waals surface area contributed by atoms with Gasteiger partial charge in [-0.05, 0) is 6.04 Å². The zero-order valence-electron chi connectivity index (χ0n) is 16.1. The molecule has 0 aromatic carbocycles. The van der Waals surface area contributed by atoms with E-state index in [-0.39, 0.29) is 17.4 Å². The Kier molecular flexibility index (Phi) is 6.81. The van der Waals surface area contributed by atoms with Crippen molar-refractivity contribution >= 4 is 19.7 Å². The van der Waals surface area contributed by atoms with Crippen molar-refractivity contribution < 1.29 is 14.2 Å². The molecule has 0 aliphatic carbocycles. The zero-order valence-corrected chi connectivity index (χ0v) is 17.1. The van der Waals surface area contributed by atoms with Crippen LogP contribution in [0, 0.1) is 0 Å². The number of methoxy groups -OCH3 is 2. The van der Waals surface area contributed by atoms with E-state index in [4.69, 9.17) is 19.9 Å². The van der Waals surface area contributed by atoms with Gasteiger partial charge >= 0.3 is 0 Å². The predicted molar refractivity (Wildman–Crippen MR) is 103 cm³/mol. The van der Waals surface area contributed by atoms with Gasteiger partial charge in [-0.1, -0.05) is 19.6 Å². The molecule has 0 saturated heterocycles. The number of hydrogen-bond acceptors (Lipinski definition) is 8. The van der Waals surface area contributed by atoms with Gasteiger partial charge in [0.05, 0.1) is 20.8 Å². The highest BCUT2D eigenvalue weighted by molar-refractivity contribution is 6.76. The molecule has 0 spiro atoms. The summed E-state index contributed by atoms with van der Waals surface area (Å²) in [5.41, 5.74) is 6.12. The van der Waals surface area contributed by atoms with Crippen LogP contribution in [0.2, 0.25) is 25.7 Å². The first-order valence-corrected chi connectivity index (χ1v) is 12.1. The summed E-state index contributed by atoms with van der Waals surface area (Å²) < 4.78 is 18.0. The monoisotopic (exact) mass is 380 g/mol. The molecular formula is C16H28N6O3Si. The Bertz CT molecular complexity index is 691. The van der Waals surface area contributed by atoms with Gasteiger partial charge in [-0.3, -0.25) is 0 Å². The summed E-state index contributed by atoms with van der Waals surface area (Å²) in [5.74, 6) is 1.69. The van der Waals surface area contributed by atoms with Gasteiger partial charge in [-0.2, -0.15) is 9.97 Å². The SMILES string of the molecule is COc1nc(NCc2nccn2COCC[Si](C)(C)C)nc(OC)c1N. The van der Waals surface area contributed by atoms with E-state index in [9.17, 15) is 0 Å². The smallest absolute Gasteiger partial charge is 0.245 e. The van der Waals surface area contributed by atoms with Crippen LogP contribution in [0.25, 0.3) is 0 Å². The van der Waals surface area contributed by atoms with E-state index < -0.39 is 8.07 Å². The van der Waals surface area contributed by atoms with Crippen LogP contribution in [0.5, 0.6) is 11.8 Å². The molecule has 2 rings (SSSR count). The number of rotatable bonds is 10. The van der Waals surface area contributed by atoms with Gasteiger partial charge in [0.2, 0.25) is 17.7 Å². The number of hydrogen-bond donors (Lipinski definition) is 2. The summed E-state index contributed by atoms with van der Waals surface area (Å²) >= 11 is 0. The van der Waals surface area contributed by atoms with Gasteiger partial charge in [0, 0.05) is 27.1 Å². The average Bonchev–Trinajstić information content (AvgIpc) is 3.04. The number of aromatic nitrogens is 4. The van der Waals surface area contributed by atoms with Gasteiger partial charge in [0.1, 0.15) is 12.6 Å². The first kappa shape index (κ1) is 20.0. The second-order valence-corrected chi connectivity index (χ2v) is 12.6. The molecule has 26 heavy (non-hydrogen) atoms. The predicted octanol–water partition coefficient (Wildman–Crippen LogP) is 2.20. The van der Waals surface area contributed by atoms with Gasteiger partial charge < -0.3 is 29.8 Å². The highest BCUT2D eigenvalue weighted by Gasteiger charge is 2.14. The second-order valence-electron chi connectivity index (χ2n) is 6.99. The molecule has 2 aromatic rings. The molecule has 10 heteroatoms. The highest BCUT2D eigenvalue weighted by atomic mass is 28.3. The lowest BCUT2D eigenvalue weighted by Gasteiger charge is -2.16. The standard InChI is InChI=1S/C16H28N6O3Si/c1-23-14-13(17)15(24-2)21-16(20-14)19-10-12-18-6-7-22(12)11-25-8-9-26(3,4)5/h6-7H,8-11,17H2,1-5H3,(H,19,20,21). The van der Waals surface area contributed by atoms with Gasteiger partial charge in [-0.15, -0.1) is 0 Å². The summed E-state index contributed by atoms with van der Waals surface area (Å²) in [7, 11) is 1.90. The van der Waals surface area contributed by atoms with E-state index in [2.05, 4.69) is 39.9 Å². The minimum atomic E-state index is -1.09. The van der Waals surface area contributed by atoms with Crippen molar-refractivity contribution in [1.82, 2.24) is 19.5 Å². The summed E-state index contributed by atoms with van der Waals surface area (Å²) in [6.07, 6.45) is 3.63. The van der Waals surface area contributed by atoms with Crippen molar-refractivity contribution in [3.63, 3.8) is 0 Å². The maximum absolute atomic E-state index is 5.85. The number of nitrogens with two attached hydrogens (primary N) is 1. The lowest BCUT2D eigenvalue weighted by Crippen LogP contribution is -2.22. The van der Waals surface area contributed by atoms with Crippen LogP contribution in [-0.4, -0.2) is 48.4 Å². The Morgan fingerprint density at radius 3 is 2.38 bits per heavy atom. The normalized spacial score (nSPS) is 11.4. The molecule has 0 unspecified atom stereocenters. The molecule has 0 amide bonds. The van der Waals surface area contributed by atoms with Crippen molar-refractivity contribution in [3.8, 4) is 11.8 Å². The van der Waals surface area contributed by atoms with Crippen LogP contribution in [0.15, 0.2) is 12.4 Å². The molecule has 144 valence electrons. The molecule has 9 nitrogen and oxygen atoms in total. The molecule has 0 radical (unpaired) electrons. The molecular weight excluding hydrogens is 352 g/mol. The zero-order chi connectivity index (χ0) is 19.2. The number of ether oxygens (including phenoxy) is 3. The Labute approximate surface area is 154 Å². The maximum Gasteiger partial charge on any atom is 0.245 e. The average molecular weight is 381 g/mol. The molecule has 2 heterocycles. The van der Waals surface area contributed by atoms with E-state index in [1.165, 1.54) is 14.2 Å². The summed E-state index contributed by atoms with van der Waals surface area (Å²) in [4.78, 5) is 12.8. The number of anilines is 2. The van der Waals surface area contributed by atoms with Crippen molar-refractivity contribution in [1.29, 1.82) is 0 Å². The molecule has 0 bridgehead atoms. The fraction of sp³-hybridized carbons (Fsp3) is 0.562. The molecule has 0 aliphatic rings. The van der Waals surface area contributed by atoms with E-state index in [1.807, 2.05) is 10.8 Å². The Hall–Kier alpha value is -2.33. The third-order valence-electron chi connectivity index (χ3n) is 3.70. The molecule has 0 aliphatic heterocycles. The van der Waals surface area contributed by atoms with E-state index in [0.29, 0.717) is 19.2 Å². The second kappa shape index (κ2) is 8.85. The Morgan fingerprint density at radius 1 is 1.15 bits per heavy atom. The van der Waals surface area contributed by atoms with Gasteiger partial charge in [0.25, 0.3) is 0 Å². The number of nitrogens with one attached hydrogen (secondary N) is 1. The minimum absolute atomic E-state index is 0.261. The molecule has 0 fully saturated rings. The maximum atomic E-state index is 5.85. The third-order valence-corrected chi connectivity index (χ3v) is 5.40. The quantitative estimate of drug-likeness (QED) is 0.477. The number of imidazole rings is 1. The fourth-order valence-electron chi connectivity index (χ4n) is 2.14. The van der Waals surface area contributed by atoms with Crippen LogP contribution in [0.3, 0.4) is 0 Å². The Morgan fingerprint density at radius 2 is 1.81 bits per heavy atom. The van der Waals surface area contributed by atoms with Crippen molar-refractivity contribution in [2.24, 2.45) is 0 Å².